The molecule has 6 heteroatoms. The molecule has 1 heterocycles. The van der Waals surface area contributed by atoms with Gasteiger partial charge in [-0.05, 0) is 55.6 Å². The monoisotopic (exact) mass is 390 g/mol. The number of nitrogens with two attached hydrogens (primary N) is 1. The van der Waals surface area contributed by atoms with Gasteiger partial charge in [-0.15, -0.1) is 0 Å². The van der Waals surface area contributed by atoms with Crippen molar-refractivity contribution in [2.75, 3.05) is 6.54 Å². The first-order valence-electron chi connectivity index (χ1n) is 5.48. The molecule has 100 valence electrons. The third-order valence-electron chi connectivity index (χ3n) is 2.69. The molecule has 0 aliphatic heterocycles. The van der Waals surface area contributed by atoms with Gasteiger partial charge in [0.25, 0.3) is 0 Å². The Kier molecular flexibility index (Phi) is 4.65. The number of pyridine rings is 1. The summed E-state index contributed by atoms with van der Waals surface area (Å²) in [7, 11) is 0. The van der Waals surface area contributed by atoms with Gasteiger partial charge in [0.05, 0.1) is 5.69 Å². The normalized spacial score (nSPS) is 12.5. The minimum absolute atomic E-state index is 0.204. The number of halogens is 4. The lowest BCUT2D eigenvalue weighted by Crippen LogP contribution is -2.16. The Morgan fingerprint density at radius 3 is 2.26 bits per heavy atom. The maximum Gasteiger partial charge on any atom is 0.126 e. The van der Waals surface area contributed by atoms with Crippen molar-refractivity contribution in [2.45, 2.75) is 5.92 Å². The van der Waals surface area contributed by atoms with Crippen LogP contribution in [0.2, 0.25) is 0 Å². The molecule has 2 rings (SSSR count). The van der Waals surface area contributed by atoms with Crippen molar-refractivity contribution in [1.29, 1.82) is 0 Å². The van der Waals surface area contributed by atoms with Crippen LogP contribution in [-0.2, 0) is 0 Å². The first kappa shape index (κ1) is 14.6. The highest BCUT2D eigenvalue weighted by atomic mass is 79.9. The molecule has 0 saturated carbocycles. The lowest BCUT2D eigenvalue weighted by atomic mass is 9.95. The van der Waals surface area contributed by atoms with Crippen LogP contribution in [0.25, 0.3) is 0 Å². The molecule has 0 aliphatic carbocycles. The second-order valence-electron chi connectivity index (χ2n) is 4.01. The van der Waals surface area contributed by atoms with E-state index in [-0.39, 0.29) is 12.5 Å². The molecular weight excluding hydrogens is 382 g/mol. The van der Waals surface area contributed by atoms with Crippen molar-refractivity contribution < 1.29 is 8.78 Å². The maximum absolute atomic E-state index is 13.3. The minimum atomic E-state index is -0.623. The van der Waals surface area contributed by atoms with Gasteiger partial charge in [0.15, 0.2) is 0 Å². The average Bonchev–Trinajstić information content (AvgIpc) is 2.31. The summed E-state index contributed by atoms with van der Waals surface area (Å²) in [6.45, 7) is 0.204. The van der Waals surface area contributed by atoms with Gasteiger partial charge < -0.3 is 5.73 Å². The lowest BCUT2D eigenvalue weighted by molar-refractivity contribution is 0.576. The molecule has 2 aromatic rings. The molecule has 0 amide bonds. The first-order chi connectivity index (χ1) is 9.01. The Morgan fingerprint density at radius 1 is 1.11 bits per heavy atom. The van der Waals surface area contributed by atoms with Crippen molar-refractivity contribution in [3.8, 4) is 0 Å². The second kappa shape index (κ2) is 6.07. The van der Waals surface area contributed by atoms with Crippen molar-refractivity contribution in [3.05, 3.63) is 62.3 Å². The van der Waals surface area contributed by atoms with Gasteiger partial charge in [0, 0.05) is 33.7 Å². The van der Waals surface area contributed by atoms with E-state index in [1.807, 2.05) is 6.07 Å². The van der Waals surface area contributed by atoms with E-state index in [1.165, 1.54) is 12.1 Å². The van der Waals surface area contributed by atoms with Crippen LogP contribution in [0.1, 0.15) is 17.2 Å². The Labute approximate surface area is 126 Å². The van der Waals surface area contributed by atoms with Gasteiger partial charge >= 0.3 is 0 Å². The van der Waals surface area contributed by atoms with Crippen molar-refractivity contribution >= 4 is 31.9 Å². The number of nitrogens with zero attached hydrogens (tertiary/aromatic N) is 1. The zero-order chi connectivity index (χ0) is 14.0. The molecule has 1 atom stereocenters. The van der Waals surface area contributed by atoms with Crippen LogP contribution in [0.3, 0.4) is 0 Å². The molecule has 1 aromatic heterocycles. The van der Waals surface area contributed by atoms with E-state index < -0.39 is 11.6 Å². The predicted molar refractivity (Wildman–Crippen MR) is 76.9 cm³/mol. The van der Waals surface area contributed by atoms with E-state index in [2.05, 4.69) is 36.8 Å². The van der Waals surface area contributed by atoms with Gasteiger partial charge in [-0.3, -0.25) is 4.98 Å². The fraction of sp³-hybridized carbons (Fsp3) is 0.154. The zero-order valence-electron chi connectivity index (χ0n) is 9.71. The van der Waals surface area contributed by atoms with E-state index >= 15 is 0 Å². The second-order valence-corrected chi connectivity index (χ2v) is 5.78. The standard InChI is InChI=1S/C13H10Br2F2N2/c14-8-3-12(15)13(19-6-8)11(5-18)7-1-9(16)4-10(17)2-7/h1-4,6,11H,5,18H2/t11-/m1/s1. The molecule has 0 bridgehead atoms. The van der Waals surface area contributed by atoms with Gasteiger partial charge in [0.2, 0.25) is 0 Å². The van der Waals surface area contributed by atoms with E-state index in [0.29, 0.717) is 11.3 Å². The van der Waals surface area contributed by atoms with Crippen molar-refractivity contribution in [2.24, 2.45) is 5.73 Å². The summed E-state index contributed by atoms with van der Waals surface area (Å²) >= 11 is 6.69. The quantitative estimate of drug-likeness (QED) is 0.859. The highest BCUT2D eigenvalue weighted by molar-refractivity contribution is 9.11. The van der Waals surface area contributed by atoms with Crippen molar-refractivity contribution in [3.63, 3.8) is 0 Å². The number of rotatable bonds is 3. The third-order valence-corrected chi connectivity index (χ3v) is 3.76. The van der Waals surface area contributed by atoms with Crippen molar-refractivity contribution in [1.82, 2.24) is 4.98 Å². The Morgan fingerprint density at radius 2 is 1.74 bits per heavy atom. The Hall–Kier alpha value is -0.850. The third kappa shape index (κ3) is 3.38. The Bertz CT molecular complexity index is 585. The van der Waals surface area contributed by atoms with Crippen LogP contribution in [0.5, 0.6) is 0 Å². The molecule has 2 nitrogen and oxygen atoms in total. The number of hydrogen-bond acceptors (Lipinski definition) is 2. The molecule has 0 radical (unpaired) electrons. The largest absolute Gasteiger partial charge is 0.329 e. The molecular formula is C13H10Br2F2N2. The molecule has 0 unspecified atom stereocenters. The topological polar surface area (TPSA) is 38.9 Å². The molecule has 1 aromatic carbocycles. The molecule has 0 fully saturated rings. The number of hydrogen-bond donors (Lipinski definition) is 1. The van der Waals surface area contributed by atoms with Gasteiger partial charge in [-0.1, -0.05) is 0 Å². The van der Waals surface area contributed by atoms with Crippen LogP contribution in [0, 0.1) is 11.6 Å². The summed E-state index contributed by atoms with van der Waals surface area (Å²) in [5.41, 5.74) is 6.84. The fourth-order valence-electron chi connectivity index (χ4n) is 1.86. The average molecular weight is 392 g/mol. The first-order valence-corrected chi connectivity index (χ1v) is 7.07. The van der Waals surface area contributed by atoms with E-state index in [0.717, 1.165) is 15.0 Å². The van der Waals surface area contributed by atoms with E-state index in [9.17, 15) is 8.78 Å². The van der Waals surface area contributed by atoms with Crippen LogP contribution < -0.4 is 5.73 Å². The highest BCUT2D eigenvalue weighted by Gasteiger charge is 2.18. The number of benzene rings is 1. The van der Waals surface area contributed by atoms with Gasteiger partial charge in [-0.2, -0.15) is 0 Å². The molecule has 0 spiro atoms. The molecule has 19 heavy (non-hydrogen) atoms. The highest BCUT2D eigenvalue weighted by Crippen LogP contribution is 2.30. The van der Waals surface area contributed by atoms with Crippen LogP contribution in [0.4, 0.5) is 8.78 Å². The van der Waals surface area contributed by atoms with Crippen LogP contribution in [0.15, 0.2) is 39.4 Å². The van der Waals surface area contributed by atoms with Crippen LogP contribution in [-0.4, -0.2) is 11.5 Å². The molecule has 0 aliphatic rings. The fourth-order valence-corrected chi connectivity index (χ4v) is 3.13. The minimum Gasteiger partial charge on any atom is -0.329 e. The SMILES string of the molecule is NC[C@H](c1cc(F)cc(F)c1)c1ncc(Br)cc1Br. The lowest BCUT2D eigenvalue weighted by Gasteiger charge is -2.16. The molecule has 0 saturated heterocycles. The summed E-state index contributed by atoms with van der Waals surface area (Å²) in [6.07, 6.45) is 1.62. The molecule has 2 N–H and O–H groups in total. The van der Waals surface area contributed by atoms with E-state index in [4.69, 9.17) is 5.73 Å². The zero-order valence-corrected chi connectivity index (χ0v) is 12.9. The smallest absolute Gasteiger partial charge is 0.126 e. The van der Waals surface area contributed by atoms with E-state index in [1.54, 1.807) is 6.20 Å². The summed E-state index contributed by atoms with van der Waals surface area (Å²) < 4.78 is 28.1. The Balaban J connectivity index is 2.49. The van der Waals surface area contributed by atoms with Crippen LogP contribution >= 0.6 is 31.9 Å². The summed E-state index contributed by atoms with van der Waals surface area (Å²) in [6, 6.07) is 5.20. The summed E-state index contributed by atoms with van der Waals surface area (Å²) in [5.74, 6) is -1.61. The maximum atomic E-state index is 13.3. The number of aromatic nitrogens is 1. The summed E-state index contributed by atoms with van der Waals surface area (Å²) in [4.78, 5) is 4.27. The van der Waals surface area contributed by atoms with Gasteiger partial charge in [0.1, 0.15) is 11.6 Å². The van der Waals surface area contributed by atoms with Gasteiger partial charge in [-0.25, -0.2) is 8.78 Å². The predicted octanol–water partition coefficient (Wildman–Crippen LogP) is 3.98. The summed E-state index contributed by atoms with van der Waals surface area (Å²) in [5, 5.41) is 0.